The molecule has 2 aromatic heterocycles. The first-order valence-corrected chi connectivity index (χ1v) is 6.72. The van der Waals surface area contributed by atoms with Crippen molar-refractivity contribution >= 4 is 17.5 Å². The average molecular weight is 292 g/mol. The summed E-state index contributed by atoms with van der Waals surface area (Å²) in [5, 5.41) is 8.78. The van der Waals surface area contributed by atoms with E-state index in [1.54, 1.807) is 31.3 Å². The van der Waals surface area contributed by atoms with Crippen LogP contribution in [-0.2, 0) is 11.2 Å². The monoisotopic (exact) mass is 291 g/mol. The summed E-state index contributed by atoms with van der Waals surface area (Å²) in [7, 11) is 3.52. The zero-order valence-electron chi connectivity index (χ0n) is 11.2. The van der Waals surface area contributed by atoms with Crippen LogP contribution in [0, 0.1) is 0 Å². The van der Waals surface area contributed by atoms with E-state index in [-0.39, 0.29) is 11.9 Å². The van der Waals surface area contributed by atoms with Gasteiger partial charge in [-0.3, -0.25) is 9.36 Å². The van der Waals surface area contributed by atoms with Crippen molar-refractivity contribution in [2.75, 3.05) is 14.1 Å². The predicted octanol–water partition coefficient (Wildman–Crippen LogP) is 1.57. The van der Waals surface area contributed by atoms with Gasteiger partial charge in [-0.05, 0) is 18.6 Å². The molecule has 0 aromatic carbocycles. The molecule has 1 aliphatic rings. The minimum Gasteiger partial charge on any atom is -0.347 e. The molecular formula is C13H14ClN5O. The average Bonchev–Trinajstić information content (AvgIpc) is 3.00. The van der Waals surface area contributed by atoms with Gasteiger partial charge in [-0.2, -0.15) is 0 Å². The normalized spacial score (nSPS) is 17.1. The van der Waals surface area contributed by atoms with Crippen LogP contribution in [0.3, 0.4) is 0 Å². The maximum absolute atomic E-state index is 12.3. The smallest absolute Gasteiger partial charge is 0.245 e. The van der Waals surface area contributed by atoms with Gasteiger partial charge in [0.2, 0.25) is 5.91 Å². The number of carbonyl (C=O) groups is 1. The highest BCUT2D eigenvalue weighted by Crippen LogP contribution is 2.31. The molecule has 1 aliphatic heterocycles. The van der Waals surface area contributed by atoms with Crippen LogP contribution in [0.5, 0.6) is 0 Å². The number of carbonyl (C=O) groups excluding carboxylic acids is 1. The molecule has 2 aromatic rings. The van der Waals surface area contributed by atoms with E-state index in [9.17, 15) is 4.79 Å². The molecule has 104 valence electrons. The van der Waals surface area contributed by atoms with Crippen LogP contribution >= 0.6 is 11.6 Å². The Bertz CT molecular complexity index is 649. The maximum atomic E-state index is 12.3. The molecule has 6 nitrogen and oxygen atoms in total. The molecule has 0 N–H and O–H groups in total. The number of likely N-dealkylation sites (N-methyl/N-ethyl adjacent to an activating group) is 1. The molecule has 1 unspecified atom stereocenters. The van der Waals surface area contributed by atoms with Crippen LogP contribution in [0.2, 0.25) is 5.15 Å². The Morgan fingerprint density at radius 2 is 2.20 bits per heavy atom. The third-order valence-corrected chi connectivity index (χ3v) is 3.65. The quantitative estimate of drug-likeness (QED) is 0.788. The van der Waals surface area contributed by atoms with Crippen molar-refractivity contribution in [1.82, 2.24) is 24.6 Å². The zero-order chi connectivity index (χ0) is 14.3. The molecular weight excluding hydrogens is 278 g/mol. The van der Waals surface area contributed by atoms with Gasteiger partial charge in [-0.1, -0.05) is 11.6 Å². The van der Waals surface area contributed by atoms with Gasteiger partial charge >= 0.3 is 0 Å². The van der Waals surface area contributed by atoms with E-state index in [0.29, 0.717) is 11.0 Å². The third-order valence-electron chi connectivity index (χ3n) is 3.43. The molecule has 20 heavy (non-hydrogen) atoms. The fourth-order valence-electron chi connectivity index (χ4n) is 2.45. The second kappa shape index (κ2) is 4.86. The van der Waals surface area contributed by atoms with Gasteiger partial charge in [-0.15, -0.1) is 10.2 Å². The van der Waals surface area contributed by atoms with Gasteiger partial charge in [0.1, 0.15) is 17.0 Å². The van der Waals surface area contributed by atoms with Crippen molar-refractivity contribution in [2.45, 2.75) is 18.9 Å². The van der Waals surface area contributed by atoms with E-state index in [1.807, 2.05) is 10.6 Å². The molecule has 3 heterocycles. The Balaban J connectivity index is 2.04. The van der Waals surface area contributed by atoms with E-state index in [0.717, 1.165) is 24.2 Å². The number of pyridine rings is 1. The number of amides is 1. The number of aryl methyl sites for hydroxylation is 1. The molecule has 1 atom stereocenters. The molecule has 0 fully saturated rings. The number of aromatic nitrogens is 4. The number of hydrogen-bond acceptors (Lipinski definition) is 4. The summed E-state index contributed by atoms with van der Waals surface area (Å²) in [4.78, 5) is 17.9. The molecule has 0 bridgehead atoms. The summed E-state index contributed by atoms with van der Waals surface area (Å²) in [5.74, 6) is 1.57. The molecule has 0 saturated carbocycles. The van der Waals surface area contributed by atoms with E-state index in [2.05, 4.69) is 15.2 Å². The lowest BCUT2D eigenvalue weighted by Crippen LogP contribution is -2.30. The lowest BCUT2D eigenvalue weighted by atomic mass is 10.2. The second-order valence-electron chi connectivity index (χ2n) is 4.97. The lowest BCUT2D eigenvalue weighted by Gasteiger charge is -2.19. The van der Waals surface area contributed by atoms with Crippen LogP contribution in [-0.4, -0.2) is 44.7 Å². The van der Waals surface area contributed by atoms with Crippen molar-refractivity contribution in [3.63, 3.8) is 0 Å². The Morgan fingerprint density at radius 1 is 1.40 bits per heavy atom. The standard InChI is InChI=1S/C13H14ClN5O/c1-18(2)13(20)9-4-6-11-16-17-12(19(9)11)8-3-5-10(14)15-7-8/h3,5,7,9H,4,6H2,1-2H3. The van der Waals surface area contributed by atoms with Gasteiger partial charge in [0.15, 0.2) is 5.82 Å². The van der Waals surface area contributed by atoms with Crippen LogP contribution < -0.4 is 0 Å². The Labute approximate surface area is 121 Å². The predicted molar refractivity (Wildman–Crippen MR) is 74.3 cm³/mol. The number of nitrogens with zero attached hydrogens (tertiary/aromatic N) is 5. The largest absolute Gasteiger partial charge is 0.347 e. The molecule has 0 radical (unpaired) electrons. The fourth-order valence-corrected chi connectivity index (χ4v) is 2.57. The second-order valence-corrected chi connectivity index (χ2v) is 5.35. The minimum absolute atomic E-state index is 0.0618. The molecule has 0 spiro atoms. The number of hydrogen-bond donors (Lipinski definition) is 0. The van der Waals surface area contributed by atoms with Crippen molar-refractivity contribution in [2.24, 2.45) is 0 Å². The van der Waals surface area contributed by atoms with Crippen LogP contribution in [0.4, 0.5) is 0 Å². The third kappa shape index (κ3) is 2.06. The van der Waals surface area contributed by atoms with Crippen LogP contribution in [0.1, 0.15) is 18.3 Å². The van der Waals surface area contributed by atoms with Crippen molar-refractivity contribution in [3.8, 4) is 11.4 Å². The van der Waals surface area contributed by atoms with Gasteiger partial charge in [0.05, 0.1) is 0 Å². The van der Waals surface area contributed by atoms with Gasteiger partial charge in [0, 0.05) is 32.3 Å². The van der Waals surface area contributed by atoms with E-state index in [1.165, 1.54) is 0 Å². The fraction of sp³-hybridized carbons (Fsp3) is 0.385. The molecule has 0 saturated heterocycles. The Hall–Kier alpha value is -1.95. The summed E-state index contributed by atoms with van der Waals surface area (Å²) >= 11 is 5.80. The minimum atomic E-state index is -0.235. The van der Waals surface area contributed by atoms with E-state index >= 15 is 0 Å². The number of halogens is 1. The summed E-state index contributed by atoms with van der Waals surface area (Å²) in [6.07, 6.45) is 3.17. The van der Waals surface area contributed by atoms with Crippen molar-refractivity contribution in [3.05, 3.63) is 29.3 Å². The summed E-state index contributed by atoms with van der Waals surface area (Å²) in [5.41, 5.74) is 0.812. The maximum Gasteiger partial charge on any atom is 0.245 e. The Kier molecular flexibility index (Phi) is 3.17. The summed E-state index contributed by atoms with van der Waals surface area (Å²) in [6, 6.07) is 3.30. The van der Waals surface area contributed by atoms with E-state index in [4.69, 9.17) is 11.6 Å². The van der Waals surface area contributed by atoms with Gasteiger partial charge in [0.25, 0.3) is 0 Å². The van der Waals surface area contributed by atoms with Crippen LogP contribution in [0.15, 0.2) is 18.3 Å². The van der Waals surface area contributed by atoms with Crippen LogP contribution in [0.25, 0.3) is 11.4 Å². The molecule has 0 aliphatic carbocycles. The highest BCUT2D eigenvalue weighted by atomic mass is 35.5. The lowest BCUT2D eigenvalue weighted by molar-refractivity contribution is -0.131. The molecule has 7 heteroatoms. The summed E-state index contributed by atoms with van der Waals surface area (Å²) < 4.78 is 1.91. The zero-order valence-corrected chi connectivity index (χ0v) is 12.0. The van der Waals surface area contributed by atoms with Gasteiger partial charge in [-0.25, -0.2) is 4.98 Å². The van der Waals surface area contributed by atoms with Crippen molar-refractivity contribution in [1.29, 1.82) is 0 Å². The first-order chi connectivity index (χ1) is 9.58. The number of fused-ring (bicyclic) bond motifs is 1. The Morgan fingerprint density at radius 3 is 2.85 bits per heavy atom. The van der Waals surface area contributed by atoms with E-state index < -0.39 is 0 Å². The SMILES string of the molecule is CN(C)C(=O)C1CCc2nnc(-c3ccc(Cl)nc3)n21. The highest BCUT2D eigenvalue weighted by molar-refractivity contribution is 6.29. The highest BCUT2D eigenvalue weighted by Gasteiger charge is 2.33. The van der Waals surface area contributed by atoms with Crippen molar-refractivity contribution < 1.29 is 4.79 Å². The first kappa shape index (κ1) is 13.1. The molecule has 1 amide bonds. The number of rotatable bonds is 2. The van der Waals surface area contributed by atoms with Gasteiger partial charge < -0.3 is 4.90 Å². The topological polar surface area (TPSA) is 63.9 Å². The molecule has 3 rings (SSSR count). The summed E-state index contributed by atoms with van der Waals surface area (Å²) in [6.45, 7) is 0. The first-order valence-electron chi connectivity index (χ1n) is 6.35.